The maximum absolute atomic E-state index is 13.1. The first-order valence-corrected chi connectivity index (χ1v) is 17.1. The third kappa shape index (κ3) is 8.05. The summed E-state index contributed by atoms with van der Waals surface area (Å²) in [5, 5.41) is 3.73. The average Bonchev–Trinajstić information content (AvgIpc) is 3.06. The van der Waals surface area contributed by atoms with Crippen LogP contribution in [-0.4, -0.2) is 38.4 Å². The Morgan fingerprint density at radius 1 is 0.591 bits per heavy atom. The molecule has 0 saturated heterocycles. The Balaban J connectivity index is 1.43. The molecule has 2 saturated carbocycles. The molecule has 2 unspecified atom stereocenters. The zero-order valence-corrected chi connectivity index (χ0v) is 26.7. The molecule has 2 aliphatic carbocycles. The minimum atomic E-state index is -0.309. The van der Waals surface area contributed by atoms with Gasteiger partial charge in [0.25, 0.3) is 0 Å². The number of ether oxygens (including phenoxy) is 4. The normalized spacial score (nSPS) is 17.7. The molecule has 0 amide bonds. The topological polar surface area (TPSA) is 71.1 Å². The van der Waals surface area contributed by atoms with Crippen LogP contribution >= 0.6 is 0 Å². The zero-order chi connectivity index (χ0) is 30.7. The maximum atomic E-state index is 13.1. The Kier molecular flexibility index (Phi) is 11.8. The smallest absolute Gasteiger partial charge is 0.312 e. The molecular formula is C38H50O6. The van der Waals surface area contributed by atoms with Crippen molar-refractivity contribution in [3.8, 4) is 11.5 Å². The second-order valence-corrected chi connectivity index (χ2v) is 12.7. The highest BCUT2D eigenvalue weighted by Gasteiger charge is 2.29. The number of rotatable bonds is 14. The summed E-state index contributed by atoms with van der Waals surface area (Å²) < 4.78 is 24.2. The molecule has 0 heterocycles. The molecule has 3 aromatic carbocycles. The second kappa shape index (κ2) is 16.2. The Hall–Kier alpha value is -3.28. The van der Waals surface area contributed by atoms with Gasteiger partial charge in [0.1, 0.15) is 24.7 Å². The van der Waals surface area contributed by atoms with Crippen LogP contribution in [0, 0.1) is 23.7 Å². The summed E-state index contributed by atoms with van der Waals surface area (Å²) in [6, 6.07) is 16.2. The van der Waals surface area contributed by atoms with Crippen molar-refractivity contribution in [1.29, 1.82) is 0 Å². The van der Waals surface area contributed by atoms with Gasteiger partial charge in [-0.05, 0) is 38.5 Å². The van der Waals surface area contributed by atoms with E-state index in [4.69, 9.17) is 18.9 Å². The summed E-state index contributed by atoms with van der Waals surface area (Å²) in [5.41, 5.74) is 0. The quantitative estimate of drug-likeness (QED) is 0.135. The number of carbonyl (C=O) groups is 2. The van der Waals surface area contributed by atoms with Crippen molar-refractivity contribution in [2.45, 2.75) is 90.9 Å². The first-order chi connectivity index (χ1) is 21.6. The van der Waals surface area contributed by atoms with Crippen molar-refractivity contribution in [2.24, 2.45) is 23.7 Å². The predicted octanol–water partition coefficient (Wildman–Crippen LogP) is 9.05. The summed E-state index contributed by atoms with van der Waals surface area (Å²) in [6.45, 7) is 5.00. The molecule has 3 aromatic rings. The molecule has 0 aromatic heterocycles. The SMILES string of the molecule is CCOC(=O)C(COc1c2ccccc2c(OCC(CC2CCCCC2)C(=O)OCC)c2ccccc12)CC1CCCCC1. The van der Waals surface area contributed by atoms with Gasteiger partial charge in [-0.25, -0.2) is 0 Å². The van der Waals surface area contributed by atoms with Crippen LogP contribution in [0.25, 0.3) is 21.5 Å². The van der Waals surface area contributed by atoms with Crippen molar-refractivity contribution in [3.05, 3.63) is 48.5 Å². The van der Waals surface area contributed by atoms with E-state index in [0.717, 1.165) is 45.9 Å². The van der Waals surface area contributed by atoms with Crippen LogP contribution in [0.15, 0.2) is 48.5 Å². The molecule has 44 heavy (non-hydrogen) atoms. The van der Waals surface area contributed by atoms with Crippen LogP contribution < -0.4 is 9.47 Å². The van der Waals surface area contributed by atoms with E-state index >= 15 is 0 Å². The van der Waals surface area contributed by atoms with Gasteiger partial charge in [-0.2, -0.15) is 0 Å². The second-order valence-electron chi connectivity index (χ2n) is 12.7. The summed E-state index contributed by atoms with van der Waals surface area (Å²) in [7, 11) is 0. The van der Waals surface area contributed by atoms with Crippen molar-refractivity contribution in [3.63, 3.8) is 0 Å². The van der Waals surface area contributed by atoms with Crippen molar-refractivity contribution in [1.82, 2.24) is 0 Å². The maximum Gasteiger partial charge on any atom is 0.312 e. The van der Waals surface area contributed by atoms with Crippen LogP contribution in [0.5, 0.6) is 11.5 Å². The number of esters is 2. The summed E-state index contributed by atoms with van der Waals surface area (Å²) >= 11 is 0. The van der Waals surface area contributed by atoms with Gasteiger partial charge < -0.3 is 18.9 Å². The van der Waals surface area contributed by atoms with E-state index in [1.807, 2.05) is 38.1 Å². The first kappa shape index (κ1) is 32.1. The fraction of sp³-hybridized carbons (Fsp3) is 0.579. The first-order valence-electron chi connectivity index (χ1n) is 17.1. The van der Waals surface area contributed by atoms with Gasteiger partial charge >= 0.3 is 11.9 Å². The third-order valence-corrected chi connectivity index (χ3v) is 9.62. The van der Waals surface area contributed by atoms with Crippen LogP contribution in [0.1, 0.15) is 90.9 Å². The van der Waals surface area contributed by atoms with E-state index in [9.17, 15) is 9.59 Å². The van der Waals surface area contributed by atoms with E-state index in [2.05, 4.69) is 24.3 Å². The van der Waals surface area contributed by atoms with Crippen molar-refractivity contribution < 1.29 is 28.5 Å². The summed E-state index contributed by atoms with van der Waals surface area (Å²) in [6.07, 6.45) is 13.8. The van der Waals surface area contributed by atoms with Gasteiger partial charge in [-0.1, -0.05) is 113 Å². The molecule has 0 N–H and O–H groups in total. The van der Waals surface area contributed by atoms with E-state index < -0.39 is 0 Å². The van der Waals surface area contributed by atoms with E-state index in [1.54, 1.807) is 0 Å². The van der Waals surface area contributed by atoms with Crippen molar-refractivity contribution in [2.75, 3.05) is 26.4 Å². The Morgan fingerprint density at radius 3 is 1.25 bits per heavy atom. The number of hydrogen-bond donors (Lipinski definition) is 0. The van der Waals surface area contributed by atoms with E-state index in [0.29, 0.717) is 25.0 Å². The highest BCUT2D eigenvalue weighted by atomic mass is 16.5. The van der Waals surface area contributed by atoms with E-state index in [-0.39, 0.29) is 37.0 Å². The van der Waals surface area contributed by atoms with Crippen LogP contribution in [0.2, 0.25) is 0 Å². The lowest BCUT2D eigenvalue weighted by Gasteiger charge is -2.27. The van der Waals surface area contributed by atoms with Gasteiger partial charge in [0.05, 0.1) is 25.0 Å². The lowest BCUT2D eigenvalue weighted by atomic mass is 9.83. The van der Waals surface area contributed by atoms with Crippen molar-refractivity contribution >= 4 is 33.5 Å². The Morgan fingerprint density at radius 2 is 0.932 bits per heavy atom. The highest BCUT2D eigenvalue weighted by Crippen LogP contribution is 2.43. The monoisotopic (exact) mass is 602 g/mol. The molecule has 0 radical (unpaired) electrons. The van der Waals surface area contributed by atoms with Gasteiger partial charge in [0.15, 0.2) is 0 Å². The molecule has 2 fully saturated rings. The molecule has 2 aliphatic rings. The van der Waals surface area contributed by atoms with Gasteiger partial charge in [-0.3, -0.25) is 9.59 Å². The van der Waals surface area contributed by atoms with Gasteiger partial charge in [0, 0.05) is 21.5 Å². The van der Waals surface area contributed by atoms with Crippen LogP contribution in [-0.2, 0) is 19.1 Å². The lowest BCUT2D eigenvalue weighted by Crippen LogP contribution is -2.28. The standard InChI is InChI=1S/C38H50O6/c1-3-41-37(39)29(23-27-15-7-5-8-16-27)25-43-35-31-19-11-13-21-33(31)36(34-22-14-12-20-32(34)35)44-26-30(38(40)42-4-2)24-28-17-9-6-10-18-28/h11-14,19-22,27-30H,3-10,15-18,23-26H2,1-2H3. The predicted molar refractivity (Wildman–Crippen MR) is 175 cm³/mol. The lowest BCUT2D eigenvalue weighted by molar-refractivity contribution is -0.150. The highest BCUT2D eigenvalue weighted by molar-refractivity contribution is 6.11. The Labute approximate surface area is 262 Å². The van der Waals surface area contributed by atoms with Gasteiger partial charge in [-0.15, -0.1) is 0 Å². The fourth-order valence-electron chi connectivity index (χ4n) is 7.36. The molecule has 6 heteroatoms. The summed E-state index contributed by atoms with van der Waals surface area (Å²) in [5.74, 6) is 1.62. The molecular weight excluding hydrogens is 552 g/mol. The molecule has 0 bridgehead atoms. The fourth-order valence-corrected chi connectivity index (χ4v) is 7.36. The summed E-state index contributed by atoms with van der Waals surface area (Å²) in [4.78, 5) is 26.1. The molecule has 0 aliphatic heterocycles. The number of carbonyl (C=O) groups excluding carboxylic acids is 2. The largest absolute Gasteiger partial charge is 0.491 e. The molecule has 0 spiro atoms. The number of benzene rings is 3. The molecule has 5 rings (SSSR count). The van der Waals surface area contributed by atoms with Crippen LogP contribution in [0.3, 0.4) is 0 Å². The minimum Gasteiger partial charge on any atom is -0.491 e. The Bertz CT molecular complexity index is 1210. The zero-order valence-electron chi connectivity index (χ0n) is 26.7. The van der Waals surface area contributed by atoms with Crippen LogP contribution in [0.4, 0.5) is 0 Å². The average molecular weight is 603 g/mol. The van der Waals surface area contributed by atoms with Gasteiger partial charge in [0.2, 0.25) is 0 Å². The number of fused-ring (bicyclic) bond motifs is 2. The molecule has 2 atom stereocenters. The van der Waals surface area contributed by atoms with E-state index in [1.165, 1.54) is 64.2 Å². The molecule has 238 valence electrons. The minimum absolute atomic E-state index is 0.172. The molecule has 6 nitrogen and oxygen atoms in total. The number of hydrogen-bond acceptors (Lipinski definition) is 6. The third-order valence-electron chi connectivity index (χ3n) is 9.62.